The molecule has 0 saturated carbocycles. The van der Waals surface area contributed by atoms with Crippen LogP contribution < -0.4 is 5.11 Å². The highest BCUT2D eigenvalue weighted by Crippen LogP contribution is 2.21. The molecule has 16 heavy (non-hydrogen) atoms. The van der Waals surface area contributed by atoms with E-state index in [0.717, 1.165) is 22.0 Å². The number of aryl methyl sites for hydroxylation is 3. The van der Waals surface area contributed by atoms with Crippen LogP contribution in [-0.4, -0.2) is 11.0 Å². The molecule has 0 N–H and O–H groups in total. The number of benzene rings is 1. The van der Waals surface area contributed by atoms with Gasteiger partial charge in [-0.3, -0.25) is 4.98 Å². The zero-order valence-corrected chi connectivity index (χ0v) is 9.50. The molecule has 0 bridgehead atoms. The number of rotatable bonds is 1. The van der Waals surface area contributed by atoms with E-state index in [0.29, 0.717) is 5.69 Å². The Balaban J connectivity index is 2.84. The molecular formula is C13H12NO2-. The molecule has 0 aliphatic heterocycles. The molecule has 2 aromatic rings. The summed E-state index contributed by atoms with van der Waals surface area (Å²) in [5, 5.41) is 11.7. The van der Waals surface area contributed by atoms with Crippen LogP contribution in [0.2, 0.25) is 0 Å². The average molecular weight is 214 g/mol. The number of carbonyl (C=O) groups excluding carboxylic acids is 1. The molecular weight excluding hydrogens is 202 g/mol. The van der Waals surface area contributed by atoms with Crippen LogP contribution in [0.15, 0.2) is 18.2 Å². The number of fused-ring (bicyclic) bond motifs is 1. The summed E-state index contributed by atoms with van der Waals surface area (Å²) in [5.74, 6) is -1.17. The summed E-state index contributed by atoms with van der Waals surface area (Å²) in [7, 11) is 0. The van der Waals surface area contributed by atoms with E-state index in [9.17, 15) is 9.90 Å². The Morgan fingerprint density at radius 1 is 1.19 bits per heavy atom. The van der Waals surface area contributed by atoms with Crippen LogP contribution in [0.4, 0.5) is 0 Å². The van der Waals surface area contributed by atoms with Crippen molar-refractivity contribution in [2.45, 2.75) is 20.8 Å². The van der Waals surface area contributed by atoms with Crippen molar-refractivity contribution < 1.29 is 9.90 Å². The third-order valence-electron chi connectivity index (χ3n) is 2.66. The van der Waals surface area contributed by atoms with Crippen LogP contribution in [0.1, 0.15) is 27.2 Å². The zero-order valence-electron chi connectivity index (χ0n) is 9.50. The first-order valence-electron chi connectivity index (χ1n) is 5.09. The maximum atomic E-state index is 10.9. The van der Waals surface area contributed by atoms with E-state index in [2.05, 4.69) is 4.98 Å². The minimum Gasteiger partial charge on any atom is -0.545 e. The van der Waals surface area contributed by atoms with Crippen LogP contribution in [0.5, 0.6) is 0 Å². The molecule has 1 heterocycles. The predicted molar refractivity (Wildman–Crippen MR) is 60.3 cm³/mol. The van der Waals surface area contributed by atoms with Gasteiger partial charge in [0.25, 0.3) is 0 Å². The fraction of sp³-hybridized carbons (Fsp3) is 0.231. The molecule has 1 aromatic carbocycles. The first-order chi connectivity index (χ1) is 7.49. The third-order valence-corrected chi connectivity index (χ3v) is 2.66. The molecule has 0 amide bonds. The number of nitrogens with zero attached hydrogens (tertiary/aromatic N) is 1. The summed E-state index contributed by atoms with van der Waals surface area (Å²) < 4.78 is 0. The van der Waals surface area contributed by atoms with Crippen molar-refractivity contribution in [2.24, 2.45) is 0 Å². The van der Waals surface area contributed by atoms with Gasteiger partial charge in [0, 0.05) is 16.6 Å². The van der Waals surface area contributed by atoms with Crippen molar-refractivity contribution in [2.75, 3.05) is 0 Å². The summed E-state index contributed by atoms with van der Waals surface area (Å²) in [6.45, 7) is 5.63. The molecule has 0 unspecified atom stereocenters. The molecule has 0 aliphatic rings. The normalized spacial score (nSPS) is 10.7. The topological polar surface area (TPSA) is 53.0 Å². The van der Waals surface area contributed by atoms with Gasteiger partial charge in [-0.1, -0.05) is 11.6 Å². The number of hydrogen-bond donors (Lipinski definition) is 0. The summed E-state index contributed by atoms with van der Waals surface area (Å²) in [4.78, 5) is 15.2. The van der Waals surface area contributed by atoms with Gasteiger partial charge < -0.3 is 9.90 Å². The molecule has 1 aromatic heterocycles. The van der Waals surface area contributed by atoms with Gasteiger partial charge in [-0.2, -0.15) is 0 Å². The average Bonchev–Trinajstić information content (AvgIpc) is 2.18. The highest BCUT2D eigenvalue weighted by molar-refractivity contribution is 5.93. The standard InChI is InChI=1S/C13H13NO2/c1-7-4-8(2)12-10(5-7)6-11(13(15)16)9(3)14-12/h4-6H,1-3H3,(H,15,16)/p-1. The third kappa shape index (κ3) is 1.65. The highest BCUT2D eigenvalue weighted by atomic mass is 16.4. The van der Waals surface area contributed by atoms with Crippen molar-refractivity contribution in [1.82, 2.24) is 4.98 Å². The van der Waals surface area contributed by atoms with E-state index in [1.165, 1.54) is 0 Å². The Hall–Kier alpha value is -1.90. The van der Waals surface area contributed by atoms with E-state index < -0.39 is 5.97 Å². The van der Waals surface area contributed by atoms with Gasteiger partial charge in [0.05, 0.1) is 11.5 Å². The molecule has 0 saturated heterocycles. The fourth-order valence-corrected chi connectivity index (χ4v) is 1.95. The lowest BCUT2D eigenvalue weighted by Gasteiger charge is -2.10. The second-order valence-corrected chi connectivity index (χ2v) is 4.06. The first kappa shape index (κ1) is 10.6. The minimum absolute atomic E-state index is 0.164. The quantitative estimate of drug-likeness (QED) is 0.723. The second-order valence-electron chi connectivity index (χ2n) is 4.06. The van der Waals surface area contributed by atoms with Crippen LogP contribution in [0.25, 0.3) is 10.9 Å². The number of carbonyl (C=O) groups is 1. The van der Waals surface area contributed by atoms with E-state index >= 15 is 0 Å². The molecule has 0 radical (unpaired) electrons. The van der Waals surface area contributed by atoms with E-state index in [1.54, 1.807) is 13.0 Å². The number of carboxylic acids is 1. The van der Waals surface area contributed by atoms with Gasteiger partial charge in [-0.15, -0.1) is 0 Å². The Morgan fingerprint density at radius 2 is 1.88 bits per heavy atom. The smallest absolute Gasteiger partial charge is 0.0734 e. The van der Waals surface area contributed by atoms with E-state index in [4.69, 9.17) is 0 Å². The molecule has 0 aliphatic carbocycles. The molecule has 3 heteroatoms. The summed E-state index contributed by atoms with van der Waals surface area (Å²) in [6.07, 6.45) is 0. The summed E-state index contributed by atoms with van der Waals surface area (Å²) in [5.41, 5.74) is 3.67. The number of pyridine rings is 1. The van der Waals surface area contributed by atoms with Gasteiger partial charge in [-0.25, -0.2) is 0 Å². The first-order valence-corrected chi connectivity index (χ1v) is 5.09. The van der Waals surface area contributed by atoms with Crippen LogP contribution in [-0.2, 0) is 0 Å². The number of hydrogen-bond acceptors (Lipinski definition) is 3. The predicted octanol–water partition coefficient (Wildman–Crippen LogP) is 1.52. The lowest BCUT2D eigenvalue weighted by molar-refractivity contribution is -0.255. The van der Waals surface area contributed by atoms with Gasteiger partial charge in [0.1, 0.15) is 0 Å². The van der Waals surface area contributed by atoms with Crippen LogP contribution in [0.3, 0.4) is 0 Å². The molecule has 0 spiro atoms. The van der Waals surface area contributed by atoms with Gasteiger partial charge in [0.15, 0.2) is 0 Å². The van der Waals surface area contributed by atoms with Gasteiger partial charge >= 0.3 is 0 Å². The summed E-state index contributed by atoms with van der Waals surface area (Å²) in [6, 6.07) is 5.60. The minimum atomic E-state index is -1.17. The monoisotopic (exact) mass is 214 g/mol. The molecule has 82 valence electrons. The second kappa shape index (κ2) is 3.59. The van der Waals surface area contributed by atoms with Crippen LogP contribution in [0, 0.1) is 20.8 Å². The Bertz CT molecular complexity index is 588. The summed E-state index contributed by atoms with van der Waals surface area (Å²) >= 11 is 0. The van der Waals surface area contributed by atoms with Crippen molar-refractivity contribution in [3.8, 4) is 0 Å². The van der Waals surface area contributed by atoms with Gasteiger partial charge in [0.2, 0.25) is 0 Å². The maximum absolute atomic E-state index is 10.9. The molecule has 0 atom stereocenters. The van der Waals surface area contributed by atoms with Crippen molar-refractivity contribution in [3.05, 3.63) is 40.6 Å². The zero-order chi connectivity index (χ0) is 11.9. The maximum Gasteiger partial charge on any atom is 0.0734 e. The Labute approximate surface area is 93.7 Å². The molecule has 2 rings (SSSR count). The SMILES string of the molecule is Cc1cc(C)c2nc(C)c(C(=O)[O-])cc2c1. The van der Waals surface area contributed by atoms with Crippen LogP contribution >= 0.6 is 0 Å². The Kier molecular flexibility index (Phi) is 2.38. The number of aromatic nitrogens is 1. The number of aromatic carboxylic acids is 1. The lowest BCUT2D eigenvalue weighted by atomic mass is 10.0. The Morgan fingerprint density at radius 3 is 2.50 bits per heavy atom. The van der Waals surface area contributed by atoms with Gasteiger partial charge in [-0.05, 0) is 38.5 Å². The lowest BCUT2D eigenvalue weighted by Crippen LogP contribution is -2.23. The highest BCUT2D eigenvalue weighted by Gasteiger charge is 2.06. The molecule has 3 nitrogen and oxygen atoms in total. The van der Waals surface area contributed by atoms with Crippen molar-refractivity contribution in [1.29, 1.82) is 0 Å². The number of carboxylic acid groups (broad SMARTS) is 1. The molecule has 0 fully saturated rings. The van der Waals surface area contributed by atoms with Crippen molar-refractivity contribution in [3.63, 3.8) is 0 Å². The fourth-order valence-electron chi connectivity index (χ4n) is 1.95. The van der Waals surface area contributed by atoms with Crippen molar-refractivity contribution >= 4 is 16.9 Å². The largest absolute Gasteiger partial charge is 0.545 e. The van der Waals surface area contributed by atoms with E-state index in [1.807, 2.05) is 26.0 Å². The van der Waals surface area contributed by atoms with E-state index in [-0.39, 0.29) is 5.56 Å².